The maximum Gasteiger partial charge on any atom is 0.251 e. The summed E-state index contributed by atoms with van der Waals surface area (Å²) in [5, 5.41) is 2.87. The minimum Gasteiger partial charge on any atom is -0.349 e. The van der Waals surface area contributed by atoms with Crippen molar-refractivity contribution in [2.75, 3.05) is 0 Å². The van der Waals surface area contributed by atoms with Crippen LogP contribution in [0, 0.1) is 17.0 Å². The van der Waals surface area contributed by atoms with E-state index in [-0.39, 0.29) is 17.0 Å². The van der Waals surface area contributed by atoms with Crippen LogP contribution in [0.3, 0.4) is 0 Å². The molecular formula is C14H17F2NO. The van der Waals surface area contributed by atoms with Gasteiger partial charge in [0.1, 0.15) is 11.6 Å². The molecule has 0 spiro atoms. The maximum absolute atomic E-state index is 13.0. The van der Waals surface area contributed by atoms with Gasteiger partial charge in [-0.25, -0.2) is 8.78 Å². The van der Waals surface area contributed by atoms with Crippen molar-refractivity contribution in [3.05, 3.63) is 35.4 Å². The average molecular weight is 253 g/mol. The topological polar surface area (TPSA) is 29.1 Å². The van der Waals surface area contributed by atoms with E-state index in [9.17, 15) is 13.6 Å². The molecule has 18 heavy (non-hydrogen) atoms. The van der Waals surface area contributed by atoms with E-state index in [4.69, 9.17) is 0 Å². The smallest absolute Gasteiger partial charge is 0.251 e. The Kier molecular flexibility index (Phi) is 3.37. The molecule has 1 amide bonds. The summed E-state index contributed by atoms with van der Waals surface area (Å²) >= 11 is 0. The van der Waals surface area contributed by atoms with Gasteiger partial charge in [0.25, 0.3) is 5.91 Å². The summed E-state index contributed by atoms with van der Waals surface area (Å²) in [6.45, 7) is 4.19. The standard InChI is InChI=1S/C14H17F2NO/c1-14(2)5-3-4-12(14)17-13(18)9-6-10(15)8-11(16)7-9/h6-8,12H,3-5H2,1-2H3,(H,17,18)/t12-/m0/s1. The third kappa shape index (κ3) is 2.68. The lowest BCUT2D eigenvalue weighted by Crippen LogP contribution is -2.41. The third-order valence-electron chi connectivity index (χ3n) is 3.69. The quantitative estimate of drug-likeness (QED) is 0.861. The Morgan fingerprint density at radius 1 is 1.28 bits per heavy atom. The van der Waals surface area contributed by atoms with Crippen molar-refractivity contribution < 1.29 is 13.6 Å². The van der Waals surface area contributed by atoms with E-state index in [1.807, 2.05) is 0 Å². The molecule has 1 aromatic rings. The van der Waals surface area contributed by atoms with Gasteiger partial charge >= 0.3 is 0 Å². The van der Waals surface area contributed by atoms with E-state index in [0.29, 0.717) is 0 Å². The van der Waals surface area contributed by atoms with Crippen LogP contribution in [-0.2, 0) is 0 Å². The Morgan fingerprint density at radius 2 is 1.89 bits per heavy atom. The largest absolute Gasteiger partial charge is 0.349 e. The second-order valence-electron chi connectivity index (χ2n) is 5.56. The molecule has 0 bridgehead atoms. The minimum absolute atomic E-state index is 0.0372. The van der Waals surface area contributed by atoms with Crippen molar-refractivity contribution in [2.45, 2.75) is 39.2 Å². The van der Waals surface area contributed by atoms with E-state index in [0.717, 1.165) is 37.5 Å². The molecule has 0 unspecified atom stereocenters. The highest BCUT2D eigenvalue weighted by molar-refractivity contribution is 5.94. The molecule has 0 saturated heterocycles. The van der Waals surface area contributed by atoms with Crippen molar-refractivity contribution in [1.29, 1.82) is 0 Å². The van der Waals surface area contributed by atoms with E-state index in [1.54, 1.807) is 0 Å². The van der Waals surface area contributed by atoms with Crippen LogP contribution in [0.2, 0.25) is 0 Å². The molecule has 1 aliphatic carbocycles. The molecule has 1 aromatic carbocycles. The Bertz CT molecular complexity index is 451. The molecule has 0 aromatic heterocycles. The van der Waals surface area contributed by atoms with Crippen molar-refractivity contribution in [2.24, 2.45) is 5.41 Å². The number of rotatable bonds is 2. The van der Waals surface area contributed by atoms with Crippen LogP contribution in [0.1, 0.15) is 43.5 Å². The fourth-order valence-electron chi connectivity index (χ4n) is 2.52. The second-order valence-corrected chi connectivity index (χ2v) is 5.56. The molecule has 0 radical (unpaired) electrons. The lowest BCUT2D eigenvalue weighted by Gasteiger charge is -2.27. The summed E-state index contributed by atoms with van der Waals surface area (Å²) in [6, 6.07) is 2.94. The van der Waals surface area contributed by atoms with Crippen molar-refractivity contribution in [3.8, 4) is 0 Å². The van der Waals surface area contributed by atoms with Gasteiger partial charge in [-0.05, 0) is 30.4 Å². The van der Waals surface area contributed by atoms with Crippen LogP contribution >= 0.6 is 0 Å². The number of benzene rings is 1. The molecule has 0 aliphatic heterocycles. The summed E-state index contributed by atoms with van der Waals surface area (Å²) in [5.41, 5.74) is 0.0804. The average Bonchev–Trinajstić information content (AvgIpc) is 2.57. The van der Waals surface area contributed by atoms with Crippen LogP contribution in [0.25, 0.3) is 0 Å². The molecule has 0 heterocycles. The molecule has 1 fully saturated rings. The first-order valence-corrected chi connectivity index (χ1v) is 6.15. The Balaban J connectivity index is 2.12. The van der Waals surface area contributed by atoms with Gasteiger partial charge in [-0.2, -0.15) is 0 Å². The lowest BCUT2D eigenvalue weighted by atomic mass is 9.87. The van der Waals surface area contributed by atoms with Crippen molar-refractivity contribution in [3.63, 3.8) is 0 Å². The van der Waals surface area contributed by atoms with Gasteiger partial charge in [-0.3, -0.25) is 4.79 Å². The fraction of sp³-hybridized carbons (Fsp3) is 0.500. The SMILES string of the molecule is CC1(C)CCC[C@@H]1NC(=O)c1cc(F)cc(F)c1. The van der Waals surface area contributed by atoms with Crippen LogP contribution in [-0.4, -0.2) is 11.9 Å². The van der Waals surface area contributed by atoms with Gasteiger partial charge in [0.2, 0.25) is 0 Å². The summed E-state index contributed by atoms with van der Waals surface area (Å²) in [4.78, 5) is 11.9. The number of hydrogen-bond donors (Lipinski definition) is 1. The highest BCUT2D eigenvalue weighted by atomic mass is 19.1. The maximum atomic E-state index is 13.0. The van der Waals surface area contributed by atoms with E-state index < -0.39 is 17.5 Å². The highest BCUT2D eigenvalue weighted by Gasteiger charge is 2.35. The number of carbonyl (C=O) groups excluding carboxylic acids is 1. The fourth-order valence-corrected chi connectivity index (χ4v) is 2.52. The lowest BCUT2D eigenvalue weighted by molar-refractivity contribution is 0.0909. The van der Waals surface area contributed by atoms with Crippen molar-refractivity contribution >= 4 is 5.91 Å². The number of halogens is 2. The van der Waals surface area contributed by atoms with E-state index >= 15 is 0 Å². The Morgan fingerprint density at radius 3 is 2.39 bits per heavy atom. The predicted octanol–water partition coefficient (Wildman–Crippen LogP) is 3.27. The summed E-state index contributed by atoms with van der Waals surface area (Å²) in [5.74, 6) is -1.87. The van der Waals surface area contributed by atoms with Gasteiger partial charge in [-0.15, -0.1) is 0 Å². The zero-order valence-electron chi connectivity index (χ0n) is 10.6. The zero-order valence-corrected chi connectivity index (χ0v) is 10.6. The monoisotopic (exact) mass is 253 g/mol. The van der Waals surface area contributed by atoms with Crippen molar-refractivity contribution in [1.82, 2.24) is 5.32 Å². The molecule has 1 atom stereocenters. The molecule has 1 aliphatic rings. The molecule has 2 nitrogen and oxygen atoms in total. The van der Waals surface area contributed by atoms with Crippen LogP contribution in [0.5, 0.6) is 0 Å². The third-order valence-corrected chi connectivity index (χ3v) is 3.69. The summed E-state index contributed by atoms with van der Waals surface area (Å²) < 4.78 is 26.1. The summed E-state index contributed by atoms with van der Waals surface area (Å²) in [7, 11) is 0. The molecule has 2 rings (SSSR count). The van der Waals surface area contributed by atoms with Gasteiger partial charge in [0.05, 0.1) is 0 Å². The van der Waals surface area contributed by atoms with Gasteiger partial charge in [0, 0.05) is 17.7 Å². The highest BCUT2D eigenvalue weighted by Crippen LogP contribution is 2.37. The Hall–Kier alpha value is -1.45. The van der Waals surface area contributed by atoms with E-state index in [2.05, 4.69) is 19.2 Å². The Labute approximate surface area is 105 Å². The number of carbonyl (C=O) groups is 1. The number of nitrogens with one attached hydrogen (secondary N) is 1. The predicted molar refractivity (Wildman–Crippen MR) is 65.2 cm³/mol. The first-order chi connectivity index (χ1) is 8.38. The molecule has 98 valence electrons. The molecular weight excluding hydrogens is 236 g/mol. The molecule has 4 heteroatoms. The van der Waals surface area contributed by atoms with Gasteiger partial charge in [0.15, 0.2) is 0 Å². The normalized spacial score (nSPS) is 21.9. The number of amides is 1. The number of hydrogen-bond acceptors (Lipinski definition) is 1. The first kappa shape index (κ1) is 13.0. The molecule has 1 N–H and O–H groups in total. The minimum atomic E-state index is -0.731. The van der Waals surface area contributed by atoms with Gasteiger partial charge < -0.3 is 5.32 Å². The van der Waals surface area contributed by atoms with Gasteiger partial charge in [-0.1, -0.05) is 20.3 Å². The van der Waals surface area contributed by atoms with Crippen LogP contribution < -0.4 is 5.32 Å². The zero-order chi connectivity index (χ0) is 13.3. The summed E-state index contributed by atoms with van der Waals surface area (Å²) in [6.07, 6.45) is 3.03. The van der Waals surface area contributed by atoms with E-state index in [1.165, 1.54) is 0 Å². The van der Waals surface area contributed by atoms with Crippen LogP contribution in [0.4, 0.5) is 8.78 Å². The second kappa shape index (κ2) is 4.67. The van der Waals surface area contributed by atoms with Crippen LogP contribution in [0.15, 0.2) is 18.2 Å². The molecule has 1 saturated carbocycles. The first-order valence-electron chi connectivity index (χ1n) is 6.15.